The number of nitrogens with one attached hydrogen (secondary N) is 1. The van der Waals surface area contributed by atoms with Gasteiger partial charge in [-0.15, -0.1) is 0 Å². The number of para-hydroxylation sites is 1. The Balaban J connectivity index is 1.94. The van der Waals surface area contributed by atoms with Gasteiger partial charge >= 0.3 is 5.97 Å². The number of carboxylic acids is 1. The van der Waals surface area contributed by atoms with Gasteiger partial charge in [0.25, 0.3) is 5.91 Å². The van der Waals surface area contributed by atoms with E-state index in [-0.39, 0.29) is 24.8 Å². The van der Waals surface area contributed by atoms with E-state index in [0.717, 1.165) is 0 Å². The number of carbonyl (C=O) groups excluding carboxylic acids is 3. The van der Waals surface area contributed by atoms with E-state index in [0.29, 0.717) is 17.7 Å². The number of hydrogen-bond donors (Lipinski definition) is 2. The lowest BCUT2D eigenvalue weighted by atomic mass is 9.98. The third-order valence-electron chi connectivity index (χ3n) is 4.80. The summed E-state index contributed by atoms with van der Waals surface area (Å²) in [6, 6.07) is 5.74. The van der Waals surface area contributed by atoms with Crippen LogP contribution in [0.3, 0.4) is 0 Å². The van der Waals surface area contributed by atoms with Crippen LogP contribution in [0, 0.1) is 0 Å². The predicted octanol–water partition coefficient (Wildman–Crippen LogP) is 0.575. The van der Waals surface area contributed by atoms with Crippen molar-refractivity contribution in [3.05, 3.63) is 29.8 Å². The fraction of sp³-hybridized carbons (Fsp3) is 0.412. The van der Waals surface area contributed by atoms with Crippen LogP contribution in [0.1, 0.15) is 37.0 Å². The number of aliphatic carboxylic acids is 1. The zero-order valence-corrected chi connectivity index (χ0v) is 14.0. The molecule has 0 saturated carbocycles. The van der Waals surface area contributed by atoms with Gasteiger partial charge in [-0.2, -0.15) is 0 Å². The van der Waals surface area contributed by atoms with Gasteiger partial charge in [0.05, 0.1) is 11.3 Å². The maximum Gasteiger partial charge on any atom is 0.325 e. The van der Waals surface area contributed by atoms with Crippen molar-refractivity contribution >= 4 is 29.4 Å². The number of benzene rings is 1. The van der Waals surface area contributed by atoms with E-state index < -0.39 is 23.6 Å². The molecular weight excluding hydrogens is 326 g/mol. The molecule has 2 heterocycles. The summed E-state index contributed by atoms with van der Waals surface area (Å²) < 4.78 is 0. The van der Waals surface area contributed by atoms with Gasteiger partial charge in [0.2, 0.25) is 11.8 Å². The zero-order chi connectivity index (χ0) is 18.4. The average Bonchev–Trinajstić information content (AvgIpc) is 2.87. The number of hydrogen-bond acceptors (Lipinski definition) is 4. The molecule has 1 fully saturated rings. The molecule has 25 heavy (non-hydrogen) atoms. The van der Waals surface area contributed by atoms with Crippen molar-refractivity contribution in [2.75, 3.05) is 11.4 Å². The molecule has 8 nitrogen and oxygen atoms in total. The van der Waals surface area contributed by atoms with Crippen molar-refractivity contribution < 1.29 is 24.3 Å². The summed E-state index contributed by atoms with van der Waals surface area (Å²) in [4.78, 5) is 51.3. The number of anilines is 1. The second-order valence-electron chi connectivity index (χ2n) is 6.48. The molecule has 1 aromatic carbocycles. The van der Waals surface area contributed by atoms with Gasteiger partial charge in [0, 0.05) is 6.42 Å². The number of amides is 3. The monoisotopic (exact) mass is 345 g/mol. The SMILES string of the molecule is C[C@H](NC(=O)CN1C(=O)c2ccccc2N2C(=O)CCC12C)C(=O)O. The van der Waals surface area contributed by atoms with E-state index in [1.807, 2.05) is 0 Å². The molecular formula is C17H19N3O5. The molecule has 3 amide bonds. The van der Waals surface area contributed by atoms with E-state index in [2.05, 4.69) is 5.32 Å². The lowest BCUT2D eigenvalue weighted by Gasteiger charge is -2.48. The summed E-state index contributed by atoms with van der Waals surface area (Å²) in [5.41, 5.74) is -0.0332. The molecule has 0 aromatic heterocycles. The quantitative estimate of drug-likeness (QED) is 0.830. The molecule has 8 heteroatoms. The molecule has 1 aromatic rings. The van der Waals surface area contributed by atoms with Crippen molar-refractivity contribution in [2.24, 2.45) is 0 Å². The maximum atomic E-state index is 12.9. The first-order chi connectivity index (χ1) is 11.8. The summed E-state index contributed by atoms with van der Waals surface area (Å²) in [7, 11) is 0. The van der Waals surface area contributed by atoms with Crippen molar-refractivity contribution in [3.63, 3.8) is 0 Å². The highest BCUT2D eigenvalue weighted by Gasteiger charge is 2.53. The fourth-order valence-electron chi connectivity index (χ4n) is 3.43. The third-order valence-corrected chi connectivity index (χ3v) is 4.80. The summed E-state index contributed by atoms with van der Waals surface area (Å²) in [5.74, 6) is -2.19. The molecule has 2 atom stereocenters. The van der Waals surface area contributed by atoms with Gasteiger partial charge in [0.15, 0.2) is 0 Å². The molecule has 132 valence electrons. The Morgan fingerprint density at radius 3 is 2.68 bits per heavy atom. The molecule has 0 bridgehead atoms. The average molecular weight is 345 g/mol. The normalized spacial score (nSPS) is 23.1. The van der Waals surface area contributed by atoms with Crippen LogP contribution in [0.25, 0.3) is 0 Å². The Labute approximate surface area is 144 Å². The van der Waals surface area contributed by atoms with Gasteiger partial charge in [-0.25, -0.2) is 0 Å². The topological polar surface area (TPSA) is 107 Å². The summed E-state index contributed by atoms with van der Waals surface area (Å²) in [6.45, 7) is 2.78. The molecule has 1 saturated heterocycles. The Bertz CT molecular complexity index is 777. The van der Waals surface area contributed by atoms with Crippen molar-refractivity contribution in [3.8, 4) is 0 Å². The Morgan fingerprint density at radius 1 is 1.32 bits per heavy atom. The molecule has 0 radical (unpaired) electrons. The van der Waals surface area contributed by atoms with Crippen molar-refractivity contribution in [1.82, 2.24) is 10.2 Å². The molecule has 2 aliphatic heterocycles. The van der Waals surface area contributed by atoms with E-state index in [4.69, 9.17) is 5.11 Å². The minimum absolute atomic E-state index is 0.105. The van der Waals surface area contributed by atoms with Crippen LogP contribution < -0.4 is 10.2 Å². The van der Waals surface area contributed by atoms with E-state index in [1.54, 1.807) is 36.1 Å². The summed E-state index contributed by atoms with van der Waals surface area (Å²) in [5, 5.41) is 11.3. The Morgan fingerprint density at radius 2 is 2.00 bits per heavy atom. The summed E-state index contributed by atoms with van der Waals surface area (Å²) in [6.07, 6.45) is 0.690. The van der Waals surface area contributed by atoms with Crippen LogP contribution in [0.4, 0.5) is 5.69 Å². The van der Waals surface area contributed by atoms with E-state index >= 15 is 0 Å². The van der Waals surface area contributed by atoms with Crippen LogP contribution in [0.5, 0.6) is 0 Å². The number of rotatable bonds is 4. The third kappa shape index (κ3) is 2.63. The molecule has 2 aliphatic rings. The molecule has 3 rings (SSSR count). The van der Waals surface area contributed by atoms with E-state index in [9.17, 15) is 19.2 Å². The highest BCUT2D eigenvalue weighted by Crippen LogP contribution is 2.43. The van der Waals surface area contributed by atoms with E-state index in [1.165, 1.54) is 11.8 Å². The maximum absolute atomic E-state index is 12.9. The number of fused-ring (bicyclic) bond motifs is 3. The molecule has 0 aliphatic carbocycles. The van der Waals surface area contributed by atoms with Crippen molar-refractivity contribution in [2.45, 2.75) is 38.4 Å². The number of carbonyl (C=O) groups is 4. The fourth-order valence-corrected chi connectivity index (χ4v) is 3.43. The van der Waals surface area contributed by atoms with Crippen LogP contribution in [-0.4, -0.2) is 51.9 Å². The Kier molecular flexibility index (Phi) is 3.98. The zero-order valence-electron chi connectivity index (χ0n) is 14.0. The second-order valence-corrected chi connectivity index (χ2v) is 6.48. The van der Waals surface area contributed by atoms with Crippen molar-refractivity contribution in [1.29, 1.82) is 0 Å². The highest BCUT2D eigenvalue weighted by atomic mass is 16.4. The van der Waals surface area contributed by atoms with Crippen LogP contribution in [-0.2, 0) is 14.4 Å². The van der Waals surface area contributed by atoms with Gasteiger partial charge < -0.3 is 15.3 Å². The first-order valence-electron chi connectivity index (χ1n) is 8.02. The van der Waals surface area contributed by atoms with Crippen LogP contribution in [0.15, 0.2) is 24.3 Å². The highest BCUT2D eigenvalue weighted by molar-refractivity contribution is 6.11. The second kappa shape index (κ2) is 5.87. The van der Waals surface area contributed by atoms with Gasteiger partial charge in [-0.1, -0.05) is 12.1 Å². The first-order valence-corrected chi connectivity index (χ1v) is 8.02. The van der Waals surface area contributed by atoms with Crippen LogP contribution in [0.2, 0.25) is 0 Å². The Hall–Kier alpha value is -2.90. The standard InChI is InChI=1S/C17H19N3O5/c1-10(16(24)25)18-13(21)9-19-15(23)11-5-3-4-6-12(11)20-14(22)7-8-17(19,20)2/h3-6,10H,7-9H2,1-2H3,(H,18,21)(H,24,25)/t10-,17?/m0/s1. The molecule has 0 spiro atoms. The number of nitrogens with zero attached hydrogens (tertiary/aromatic N) is 2. The summed E-state index contributed by atoms with van der Waals surface area (Å²) >= 11 is 0. The lowest BCUT2D eigenvalue weighted by Crippen LogP contribution is -2.64. The number of carboxylic acid groups (broad SMARTS) is 1. The smallest absolute Gasteiger partial charge is 0.325 e. The largest absolute Gasteiger partial charge is 0.480 e. The lowest BCUT2D eigenvalue weighted by molar-refractivity contribution is -0.141. The minimum Gasteiger partial charge on any atom is -0.480 e. The van der Waals surface area contributed by atoms with Gasteiger partial charge in [-0.05, 0) is 32.4 Å². The van der Waals surface area contributed by atoms with Gasteiger partial charge in [0.1, 0.15) is 18.2 Å². The minimum atomic E-state index is -1.16. The molecule has 2 N–H and O–H groups in total. The molecule has 1 unspecified atom stereocenters. The van der Waals surface area contributed by atoms with Crippen LogP contribution >= 0.6 is 0 Å². The first kappa shape index (κ1) is 16.9. The predicted molar refractivity (Wildman–Crippen MR) is 87.8 cm³/mol. The van der Waals surface area contributed by atoms with Gasteiger partial charge in [-0.3, -0.25) is 24.1 Å².